The fraction of sp³-hybridized carbons (Fsp3) is 0.533. The van der Waals surface area contributed by atoms with Gasteiger partial charge in [-0.05, 0) is 50.9 Å². The first-order valence-electron chi connectivity index (χ1n) is 6.92. The summed E-state index contributed by atoms with van der Waals surface area (Å²) in [6, 6.07) is 7.59. The Labute approximate surface area is 108 Å². The molecule has 0 aliphatic heterocycles. The van der Waals surface area contributed by atoms with Crippen LogP contribution in [0.1, 0.15) is 50.2 Å². The molecule has 18 heavy (non-hydrogen) atoms. The van der Waals surface area contributed by atoms with Crippen molar-refractivity contribution in [3.63, 3.8) is 0 Å². The highest BCUT2D eigenvalue weighted by molar-refractivity contribution is 5.77. The van der Waals surface area contributed by atoms with Crippen molar-refractivity contribution in [1.29, 1.82) is 0 Å². The Kier molecular flexibility index (Phi) is 2.86. The predicted molar refractivity (Wildman–Crippen MR) is 74.8 cm³/mol. The standard InChI is InChI=1S/C15H21N3/c1-4-16-11(3)15-17-13-9-10(2)5-8-14(13)18(15)12-6-7-12/h5,8-9,11-12,16H,4,6-7H2,1-3H3. The third kappa shape index (κ3) is 1.93. The van der Waals surface area contributed by atoms with Crippen LogP contribution >= 0.6 is 0 Å². The van der Waals surface area contributed by atoms with E-state index in [4.69, 9.17) is 4.98 Å². The molecule has 2 aromatic rings. The van der Waals surface area contributed by atoms with Gasteiger partial charge in [-0.3, -0.25) is 0 Å². The number of rotatable bonds is 4. The Morgan fingerprint density at radius 1 is 1.44 bits per heavy atom. The fourth-order valence-corrected chi connectivity index (χ4v) is 2.65. The highest BCUT2D eigenvalue weighted by Gasteiger charge is 2.29. The molecular weight excluding hydrogens is 222 g/mol. The number of hydrogen-bond acceptors (Lipinski definition) is 2. The first kappa shape index (κ1) is 11.7. The largest absolute Gasteiger partial charge is 0.324 e. The highest BCUT2D eigenvalue weighted by Crippen LogP contribution is 2.40. The summed E-state index contributed by atoms with van der Waals surface area (Å²) >= 11 is 0. The van der Waals surface area contributed by atoms with Crippen molar-refractivity contribution in [1.82, 2.24) is 14.9 Å². The van der Waals surface area contributed by atoms with Gasteiger partial charge in [0.25, 0.3) is 0 Å². The molecule has 1 N–H and O–H groups in total. The predicted octanol–water partition coefficient (Wildman–Crippen LogP) is 3.35. The molecule has 0 spiro atoms. The lowest BCUT2D eigenvalue weighted by Crippen LogP contribution is -2.21. The van der Waals surface area contributed by atoms with Crippen molar-refractivity contribution in [2.75, 3.05) is 6.54 Å². The van der Waals surface area contributed by atoms with Crippen LogP contribution in [0.2, 0.25) is 0 Å². The van der Waals surface area contributed by atoms with Gasteiger partial charge in [-0.15, -0.1) is 0 Å². The summed E-state index contributed by atoms with van der Waals surface area (Å²) in [4.78, 5) is 4.85. The van der Waals surface area contributed by atoms with Crippen LogP contribution in [0.4, 0.5) is 0 Å². The van der Waals surface area contributed by atoms with Crippen LogP contribution in [0, 0.1) is 6.92 Å². The molecule has 1 saturated carbocycles. The van der Waals surface area contributed by atoms with Gasteiger partial charge >= 0.3 is 0 Å². The minimum atomic E-state index is 0.323. The van der Waals surface area contributed by atoms with E-state index < -0.39 is 0 Å². The Morgan fingerprint density at radius 3 is 2.89 bits per heavy atom. The summed E-state index contributed by atoms with van der Waals surface area (Å²) in [5.41, 5.74) is 3.72. The number of imidazole rings is 1. The maximum atomic E-state index is 4.85. The quantitative estimate of drug-likeness (QED) is 0.892. The maximum Gasteiger partial charge on any atom is 0.127 e. The van der Waals surface area contributed by atoms with Crippen LogP contribution in [-0.4, -0.2) is 16.1 Å². The lowest BCUT2D eigenvalue weighted by atomic mass is 10.2. The SMILES string of the molecule is CCNC(C)c1nc2cc(C)ccc2n1C1CC1. The minimum absolute atomic E-state index is 0.323. The Hall–Kier alpha value is -1.35. The second kappa shape index (κ2) is 4.39. The molecule has 1 aromatic heterocycles. The summed E-state index contributed by atoms with van der Waals surface area (Å²) in [5, 5.41) is 3.48. The van der Waals surface area contributed by atoms with E-state index in [1.165, 1.54) is 29.7 Å². The Morgan fingerprint density at radius 2 is 2.22 bits per heavy atom. The molecule has 1 aliphatic rings. The van der Waals surface area contributed by atoms with E-state index in [0.29, 0.717) is 12.1 Å². The topological polar surface area (TPSA) is 29.9 Å². The van der Waals surface area contributed by atoms with Gasteiger partial charge in [0.1, 0.15) is 5.82 Å². The zero-order valence-electron chi connectivity index (χ0n) is 11.4. The number of benzene rings is 1. The summed E-state index contributed by atoms with van der Waals surface area (Å²) < 4.78 is 2.45. The van der Waals surface area contributed by atoms with Crippen LogP contribution in [0.3, 0.4) is 0 Å². The lowest BCUT2D eigenvalue weighted by Gasteiger charge is -2.14. The summed E-state index contributed by atoms with van der Waals surface area (Å²) in [6.45, 7) is 7.46. The molecule has 1 unspecified atom stereocenters. The first-order valence-corrected chi connectivity index (χ1v) is 6.92. The third-order valence-corrected chi connectivity index (χ3v) is 3.68. The smallest absolute Gasteiger partial charge is 0.127 e. The molecule has 3 rings (SSSR count). The highest BCUT2D eigenvalue weighted by atomic mass is 15.2. The maximum absolute atomic E-state index is 4.85. The molecule has 0 radical (unpaired) electrons. The van der Waals surface area contributed by atoms with Crippen molar-refractivity contribution in [3.8, 4) is 0 Å². The van der Waals surface area contributed by atoms with Gasteiger partial charge in [0, 0.05) is 6.04 Å². The molecule has 1 aromatic carbocycles. The molecular formula is C15H21N3. The van der Waals surface area contributed by atoms with E-state index in [1.807, 2.05) is 0 Å². The van der Waals surface area contributed by atoms with E-state index in [2.05, 4.69) is 48.9 Å². The van der Waals surface area contributed by atoms with Crippen LogP contribution in [0.15, 0.2) is 18.2 Å². The van der Waals surface area contributed by atoms with Crippen LogP contribution < -0.4 is 5.32 Å². The molecule has 0 bridgehead atoms. The van der Waals surface area contributed by atoms with Crippen molar-refractivity contribution in [3.05, 3.63) is 29.6 Å². The molecule has 1 heterocycles. The Bertz CT molecular complexity index is 566. The minimum Gasteiger partial charge on any atom is -0.324 e. The van der Waals surface area contributed by atoms with Crippen molar-refractivity contribution in [2.24, 2.45) is 0 Å². The number of nitrogens with one attached hydrogen (secondary N) is 1. The van der Waals surface area contributed by atoms with Crippen LogP contribution in [-0.2, 0) is 0 Å². The van der Waals surface area contributed by atoms with E-state index in [9.17, 15) is 0 Å². The zero-order chi connectivity index (χ0) is 12.7. The van der Waals surface area contributed by atoms with E-state index >= 15 is 0 Å². The molecule has 3 nitrogen and oxygen atoms in total. The van der Waals surface area contributed by atoms with E-state index in [-0.39, 0.29) is 0 Å². The van der Waals surface area contributed by atoms with Gasteiger partial charge in [0.2, 0.25) is 0 Å². The zero-order valence-corrected chi connectivity index (χ0v) is 11.4. The number of fused-ring (bicyclic) bond motifs is 1. The third-order valence-electron chi connectivity index (χ3n) is 3.68. The average molecular weight is 243 g/mol. The van der Waals surface area contributed by atoms with Gasteiger partial charge < -0.3 is 9.88 Å². The second-order valence-electron chi connectivity index (χ2n) is 5.34. The number of aromatic nitrogens is 2. The molecule has 3 heteroatoms. The number of aryl methyl sites for hydroxylation is 1. The van der Waals surface area contributed by atoms with E-state index in [0.717, 1.165) is 12.1 Å². The molecule has 0 amide bonds. The fourth-order valence-electron chi connectivity index (χ4n) is 2.65. The van der Waals surface area contributed by atoms with Gasteiger partial charge in [0.15, 0.2) is 0 Å². The van der Waals surface area contributed by atoms with Crippen LogP contribution in [0.25, 0.3) is 11.0 Å². The number of nitrogens with zero attached hydrogens (tertiary/aromatic N) is 2. The number of hydrogen-bond donors (Lipinski definition) is 1. The van der Waals surface area contributed by atoms with Gasteiger partial charge in [-0.25, -0.2) is 4.98 Å². The summed E-state index contributed by atoms with van der Waals surface area (Å²) in [6.07, 6.45) is 2.59. The normalized spacial score (nSPS) is 17.3. The van der Waals surface area contributed by atoms with Gasteiger partial charge in [0.05, 0.1) is 17.1 Å². The molecule has 1 fully saturated rings. The van der Waals surface area contributed by atoms with E-state index in [1.54, 1.807) is 0 Å². The second-order valence-corrected chi connectivity index (χ2v) is 5.34. The van der Waals surface area contributed by atoms with Crippen molar-refractivity contribution in [2.45, 2.75) is 45.7 Å². The molecule has 0 saturated heterocycles. The summed E-state index contributed by atoms with van der Waals surface area (Å²) in [5.74, 6) is 1.19. The Balaban J connectivity index is 2.14. The van der Waals surface area contributed by atoms with Gasteiger partial charge in [-0.2, -0.15) is 0 Å². The van der Waals surface area contributed by atoms with Gasteiger partial charge in [-0.1, -0.05) is 13.0 Å². The molecule has 96 valence electrons. The first-order chi connectivity index (χ1) is 8.70. The average Bonchev–Trinajstić information content (AvgIpc) is 3.10. The molecule has 1 atom stereocenters. The summed E-state index contributed by atoms with van der Waals surface area (Å²) in [7, 11) is 0. The monoisotopic (exact) mass is 243 g/mol. The van der Waals surface area contributed by atoms with Crippen molar-refractivity contribution >= 4 is 11.0 Å². The molecule has 1 aliphatic carbocycles. The van der Waals surface area contributed by atoms with Crippen molar-refractivity contribution < 1.29 is 0 Å². The van der Waals surface area contributed by atoms with Crippen LogP contribution in [0.5, 0.6) is 0 Å². The lowest BCUT2D eigenvalue weighted by molar-refractivity contribution is 0.534.